The minimum absolute atomic E-state index is 0.0482. The van der Waals surface area contributed by atoms with Crippen LogP contribution in [0, 0.1) is 0 Å². The summed E-state index contributed by atoms with van der Waals surface area (Å²) in [5.41, 5.74) is 0. The van der Waals surface area contributed by atoms with Crippen molar-refractivity contribution >= 4 is 17.9 Å². The minimum Gasteiger partial charge on any atom is -0.477 e. The summed E-state index contributed by atoms with van der Waals surface area (Å²) in [6.45, 7) is 4.74. The van der Waals surface area contributed by atoms with Crippen molar-refractivity contribution in [2.45, 2.75) is 238 Å². The molecule has 0 aromatic heterocycles. The molecule has 0 aromatic rings. The topological polar surface area (TPSA) is 99.1 Å². The highest BCUT2D eigenvalue weighted by Crippen LogP contribution is 2.16. The van der Waals surface area contributed by atoms with E-state index in [2.05, 4.69) is 26.0 Å². The van der Waals surface area contributed by atoms with Gasteiger partial charge >= 0.3 is 17.9 Å². The van der Waals surface area contributed by atoms with Crippen LogP contribution in [-0.2, 0) is 28.6 Å². The van der Waals surface area contributed by atoms with E-state index in [0.29, 0.717) is 19.3 Å². The summed E-state index contributed by atoms with van der Waals surface area (Å²) in [5, 5.41) is 9.62. The number of unbranched alkanes of at least 4 members (excludes halogenated alkanes) is 27. The molecule has 1 N–H and O–H groups in total. The van der Waals surface area contributed by atoms with Gasteiger partial charge < -0.3 is 23.8 Å². The predicted octanol–water partition coefficient (Wildman–Crippen LogP) is 13.1. The van der Waals surface area contributed by atoms with Crippen LogP contribution in [0.2, 0.25) is 0 Å². The largest absolute Gasteiger partial charge is 0.477 e. The molecular formula is C48H92NO7+. The molecule has 330 valence electrons. The lowest BCUT2D eigenvalue weighted by molar-refractivity contribution is -0.887. The standard InChI is InChI=1S/C48H91NO7/c1-6-8-10-12-14-16-18-20-21-22-23-24-25-26-27-29-30-32-34-36-38-46(50)55-43-44(42-54-41-40-45(48(52)53)49(3,4)5)56-47(51)39-37-35-33-31-28-19-17-15-13-11-9-7-2/h15,17,44-45H,6-14,16,18-43H2,1-5H3/p+1/b17-15-. The first-order valence-corrected chi connectivity index (χ1v) is 23.7. The first-order valence-electron chi connectivity index (χ1n) is 23.7. The van der Waals surface area contributed by atoms with Gasteiger partial charge in [-0.05, 0) is 38.5 Å². The highest BCUT2D eigenvalue weighted by Gasteiger charge is 2.31. The van der Waals surface area contributed by atoms with Gasteiger partial charge in [0, 0.05) is 19.3 Å². The number of quaternary nitrogens is 1. The van der Waals surface area contributed by atoms with Crippen LogP contribution in [0.4, 0.5) is 0 Å². The third-order valence-electron chi connectivity index (χ3n) is 10.9. The van der Waals surface area contributed by atoms with Crippen molar-refractivity contribution in [2.24, 2.45) is 0 Å². The Balaban J connectivity index is 4.20. The fourth-order valence-corrected chi connectivity index (χ4v) is 7.21. The summed E-state index contributed by atoms with van der Waals surface area (Å²) in [4.78, 5) is 37.0. The Morgan fingerprint density at radius 1 is 0.518 bits per heavy atom. The van der Waals surface area contributed by atoms with Crippen LogP contribution in [0.1, 0.15) is 226 Å². The summed E-state index contributed by atoms with van der Waals surface area (Å²) in [6, 6.07) is -0.611. The van der Waals surface area contributed by atoms with Crippen molar-refractivity contribution < 1.29 is 38.2 Å². The van der Waals surface area contributed by atoms with E-state index in [0.717, 1.165) is 51.4 Å². The number of carbonyl (C=O) groups excluding carboxylic acids is 2. The molecule has 0 aliphatic carbocycles. The van der Waals surface area contributed by atoms with Crippen molar-refractivity contribution in [3.63, 3.8) is 0 Å². The summed E-state index contributed by atoms with van der Waals surface area (Å²) in [6.07, 6.45) is 42.6. The first kappa shape index (κ1) is 54.1. The van der Waals surface area contributed by atoms with E-state index in [1.54, 1.807) is 0 Å². The van der Waals surface area contributed by atoms with E-state index in [9.17, 15) is 19.5 Å². The zero-order valence-corrected chi connectivity index (χ0v) is 37.6. The van der Waals surface area contributed by atoms with Gasteiger partial charge in [-0.2, -0.15) is 0 Å². The molecule has 0 spiro atoms. The number of carbonyl (C=O) groups is 3. The number of allylic oxidation sites excluding steroid dienone is 2. The minimum atomic E-state index is -0.873. The quantitative estimate of drug-likeness (QED) is 0.0284. The third kappa shape index (κ3) is 37.6. The second kappa shape index (κ2) is 39.9. The van der Waals surface area contributed by atoms with Gasteiger partial charge in [0.2, 0.25) is 0 Å². The predicted molar refractivity (Wildman–Crippen MR) is 234 cm³/mol. The number of aliphatic carboxylic acids is 1. The lowest BCUT2D eigenvalue weighted by atomic mass is 10.0. The lowest BCUT2D eigenvalue weighted by Crippen LogP contribution is -2.50. The summed E-state index contributed by atoms with van der Waals surface area (Å²) >= 11 is 0. The lowest BCUT2D eigenvalue weighted by Gasteiger charge is -2.31. The third-order valence-corrected chi connectivity index (χ3v) is 10.9. The number of likely N-dealkylation sites (N-methyl/N-ethyl adjacent to an activating group) is 1. The van der Waals surface area contributed by atoms with E-state index < -0.39 is 18.1 Å². The van der Waals surface area contributed by atoms with E-state index in [1.165, 1.54) is 141 Å². The van der Waals surface area contributed by atoms with Gasteiger partial charge in [-0.15, -0.1) is 0 Å². The number of esters is 2. The Kier molecular flexibility index (Phi) is 38.5. The van der Waals surface area contributed by atoms with Crippen LogP contribution < -0.4 is 0 Å². The molecule has 8 nitrogen and oxygen atoms in total. The van der Waals surface area contributed by atoms with Crippen molar-refractivity contribution in [2.75, 3.05) is 41.0 Å². The summed E-state index contributed by atoms with van der Waals surface area (Å²) in [5.74, 6) is -1.46. The fraction of sp³-hybridized carbons (Fsp3) is 0.896. The number of hydrogen-bond donors (Lipinski definition) is 1. The normalized spacial score (nSPS) is 12.9. The van der Waals surface area contributed by atoms with Gasteiger partial charge in [-0.3, -0.25) is 9.59 Å². The second-order valence-electron chi connectivity index (χ2n) is 17.4. The van der Waals surface area contributed by atoms with Crippen LogP contribution in [0.5, 0.6) is 0 Å². The van der Waals surface area contributed by atoms with E-state index in [-0.39, 0.29) is 36.2 Å². The Labute approximate surface area is 346 Å². The van der Waals surface area contributed by atoms with Crippen molar-refractivity contribution in [3.05, 3.63) is 12.2 Å². The summed E-state index contributed by atoms with van der Waals surface area (Å²) < 4.78 is 17.3. The Hall–Kier alpha value is -1.93. The molecular weight excluding hydrogens is 703 g/mol. The Bertz CT molecular complexity index is 931. The van der Waals surface area contributed by atoms with Crippen LogP contribution in [0.3, 0.4) is 0 Å². The monoisotopic (exact) mass is 795 g/mol. The molecule has 0 bridgehead atoms. The molecule has 56 heavy (non-hydrogen) atoms. The molecule has 0 aliphatic heterocycles. The van der Waals surface area contributed by atoms with Crippen LogP contribution in [0.25, 0.3) is 0 Å². The maximum atomic E-state index is 12.7. The number of rotatable bonds is 43. The van der Waals surface area contributed by atoms with Gasteiger partial charge in [-0.25, -0.2) is 4.79 Å². The molecule has 0 saturated heterocycles. The first-order chi connectivity index (χ1) is 27.1. The summed E-state index contributed by atoms with van der Waals surface area (Å²) in [7, 11) is 5.53. The van der Waals surface area contributed by atoms with Crippen molar-refractivity contribution in [3.8, 4) is 0 Å². The number of carboxylic acids is 1. The van der Waals surface area contributed by atoms with Gasteiger partial charge in [0.25, 0.3) is 0 Å². The maximum Gasteiger partial charge on any atom is 0.362 e. The highest BCUT2D eigenvalue weighted by atomic mass is 16.6. The van der Waals surface area contributed by atoms with E-state index in [4.69, 9.17) is 14.2 Å². The number of hydrogen-bond acceptors (Lipinski definition) is 6. The molecule has 0 amide bonds. The second-order valence-corrected chi connectivity index (χ2v) is 17.4. The van der Waals surface area contributed by atoms with Gasteiger partial charge in [0.15, 0.2) is 12.1 Å². The molecule has 0 fully saturated rings. The number of ether oxygens (including phenoxy) is 3. The van der Waals surface area contributed by atoms with E-state index >= 15 is 0 Å². The van der Waals surface area contributed by atoms with Gasteiger partial charge in [-0.1, -0.05) is 180 Å². The smallest absolute Gasteiger partial charge is 0.362 e. The zero-order chi connectivity index (χ0) is 41.4. The molecule has 0 saturated carbocycles. The maximum absolute atomic E-state index is 12.7. The molecule has 0 rings (SSSR count). The van der Waals surface area contributed by atoms with Gasteiger partial charge in [0.1, 0.15) is 6.61 Å². The molecule has 0 radical (unpaired) electrons. The molecule has 8 heteroatoms. The van der Waals surface area contributed by atoms with Crippen molar-refractivity contribution in [1.82, 2.24) is 0 Å². The number of carboxylic acid groups (broad SMARTS) is 1. The Morgan fingerprint density at radius 3 is 1.32 bits per heavy atom. The molecule has 0 aromatic carbocycles. The number of nitrogens with zero attached hydrogens (tertiary/aromatic N) is 1. The fourth-order valence-electron chi connectivity index (χ4n) is 7.21. The average Bonchev–Trinajstić information content (AvgIpc) is 3.15. The van der Waals surface area contributed by atoms with Gasteiger partial charge in [0.05, 0.1) is 34.4 Å². The van der Waals surface area contributed by atoms with Crippen LogP contribution in [-0.4, -0.2) is 80.6 Å². The molecule has 2 unspecified atom stereocenters. The van der Waals surface area contributed by atoms with Crippen molar-refractivity contribution in [1.29, 1.82) is 0 Å². The molecule has 0 heterocycles. The van der Waals surface area contributed by atoms with Crippen LogP contribution >= 0.6 is 0 Å². The molecule has 2 atom stereocenters. The average molecular weight is 795 g/mol. The Morgan fingerprint density at radius 2 is 0.893 bits per heavy atom. The zero-order valence-electron chi connectivity index (χ0n) is 37.6. The van der Waals surface area contributed by atoms with E-state index in [1.807, 2.05) is 21.1 Å². The van der Waals surface area contributed by atoms with Crippen LogP contribution in [0.15, 0.2) is 12.2 Å². The SMILES string of the molecule is CCCCC/C=C\CCCCCCCC(=O)OC(COCCC(C(=O)O)[N+](C)(C)C)COC(=O)CCCCCCCCCCCCCCCCCCCCCC. The highest BCUT2D eigenvalue weighted by molar-refractivity contribution is 5.72. The molecule has 0 aliphatic rings.